The predicted octanol–water partition coefficient (Wildman–Crippen LogP) is 14.6. The molecule has 0 aromatic heterocycles. The van der Waals surface area contributed by atoms with Crippen LogP contribution in [0.3, 0.4) is 0 Å². The van der Waals surface area contributed by atoms with Crippen LogP contribution in [0.4, 0.5) is 17.1 Å². The fourth-order valence-corrected chi connectivity index (χ4v) is 10.3. The van der Waals surface area contributed by atoms with Gasteiger partial charge in [0.05, 0.1) is 11.1 Å². The van der Waals surface area contributed by atoms with E-state index in [2.05, 4.69) is 217 Å². The van der Waals surface area contributed by atoms with Gasteiger partial charge in [-0.2, -0.15) is 0 Å². The second-order valence-corrected chi connectivity index (χ2v) is 15.6. The van der Waals surface area contributed by atoms with Gasteiger partial charge < -0.3 is 4.90 Å². The molecule has 1 nitrogen and oxygen atoms in total. The van der Waals surface area contributed by atoms with Crippen LogP contribution in [0.15, 0.2) is 212 Å². The molecule has 10 aromatic rings. The van der Waals surface area contributed by atoms with Crippen LogP contribution < -0.4 is 4.90 Å². The third-order valence-corrected chi connectivity index (χ3v) is 12.7. The Balaban J connectivity index is 1.14. The molecule has 0 N–H and O–H groups in total. The van der Waals surface area contributed by atoms with Gasteiger partial charge in [0, 0.05) is 17.8 Å². The van der Waals surface area contributed by atoms with Crippen molar-refractivity contribution in [3.63, 3.8) is 0 Å². The van der Waals surface area contributed by atoms with E-state index in [1.165, 1.54) is 105 Å². The monoisotopic (exact) mass is 723 g/mol. The minimum absolute atomic E-state index is 0.504. The molecule has 12 rings (SSSR count). The van der Waals surface area contributed by atoms with E-state index in [0.29, 0.717) is 0 Å². The maximum Gasteiger partial charge on any atom is 0.0719 e. The molecular formula is C56H37N. The van der Waals surface area contributed by atoms with E-state index in [-0.39, 0.29) is 0 Å². The van der Waals surface area contributed by atoms with Gasteiger partial charge in [0.2, 0.25) is 0 Å². The van der Waals surface area contributed by atoms with Crippen LogP contribution in [0.5, 0.6) is 0 Å². The molecule has 57 heavy (non-hydrogen) atoms. The van der Waals surface area contributed by atoms with Crippen molar-refractivity contribution in [1.29, 1.82) is 0 Å². The molecule has 0 spiro atoms. The highest BCUT2D eigenvalue weighted by molar-refractivity contribution is 6.13. The van der Waals surface area contributed by atoms with Crippen LogP contribution in [-0.4, -0.2) is 0 Å². The van der Waals surface area contributed by atoms with Crippen LogP contribution in [0, 0.1) is 0 Å². The SMILES string of the molecule is c1ccc(-c2ccc3c(c2)Cc2c(ccc4c2ccc2cc5c(cc24)C(c2ccccc2)(c2cccc4ccccc24)c2ccccc2-5)N3c2ccccc2)cc1. The number of para-hydroxylation sites is 1. The molecule has 0 saturated heterocycles. The third kappa shape index (κ3) is 4.63. The molecule has 10 aromatic carbocycles. The summed E-state index contributed by atoms with van der Waals surface area (Å²) >= 11 is 0. The second kappa shape index (κ2) is 12.4. The number of nitrogens with zero attached hydrogens (tertiary/aromatic N) is 1. The van der Waals surface area contributed by atoms with Gasteiger partial charge in [-0.15, -0.1) is 0 Å². The molecule has 1 unspecified atom stereocenters. The summed E-state index contributed by atoms with van der Waals surface area (Å²) in [5.74, 6) is 0. The summed E-state index contributed by atoms with van der Waals surface area (Å²) in [6.07, 6.45) is 0.859. The number of anilines is 3. The van der Waals surface area contributed by atoms with Crippen molar-refractivity contribution in [2.24, 2.45) is 0 Å². The zero-order valence-electron chi connectivity index (χ0n) is 31.4. The first kappa shape index (κ1) is 32.1. The highest BCUT2D eigenvalue weighted by Crippen LogP contribution is 2.58. The highest BCUT2D eigenvalue weighted by atomic mass is 15.2. The normalized spacial score (nSPS) is 15.3. The predicted molar refractivity (Wildman–Crippen MR) is 239 cm³/mol. The lowest BCUT2D eigenvalue weighted by Gasteiger charge is -2.35. The topological polar surface area (TPSA) is 3.24 Å². The van der Waals surface area contributed by atoms with E-state index >= 15 is 0 Å². The van der Waals surface area contributed by atoms with Gasteiger partial charge in [-0.1, -0.05) is 170 Å². The Morgan fingerprint density at radius 3 is 1.91 bits per heavy atom. The molecule has 1 heterocycles. The number of fused-ring (bicyclic) bond motifs is 10. The zero-order valence-corrected chi connectivity index (χ0v) is 31.4. The van der Waals surface area contributed by atoms with Crippen LogP contribution in [0.2, 0.25) is 0 Å². The lowest BCUT2D eigenvalue weighted by Crippen LogP contribution is -2.28. The molecule has 0 bridgehead atoms. The fraction of sp³-hybridized carbons (Fsp3) is 0.0357. The molecule has 266 valence electrons. The van der Waals surface area contributed by atoms with Crippen molar-refractivity contribution in [3.8, 4) is 22.3 Å². The van der Waals surface area contributed by atoms with E-state index < -0.39 is 5.41 Å². The molecule has 0 amide bonds. The smallest absolute Gasteiger partial charge is 0.0719 e. The van der Waals surface area contributed by atoms with E-state index in [9.17, 15) is 0 Å². The van der Waals surface area contributed by atoms with Crippen molar-refractivity contribution in [2.45, 2.75) is 11.8 Å². The number of hydrogen-bond acceptors (Lipinski definition) is 1. The number of rotatable bonds is 4. The molecular weight excluding hydrogens is 687 g/mol. The Morgan fingerprint density at radius 2 is 1.05 bits per heavy atom. The quantitative estimate of drug-likeness (QED) is 0.163. The van der Waals surface area contributed by atoms with Gasteiger partial charge in [0.15, 0.2) is 0 Å². The minimum atomic E-state index is -0.504. The van der Waals surface area contributed by atoms with E-state index in [1.807, 2.05) is 0 Å². The Labute approximate surface area is 332 Å². The van der Waals surface area contributed by atoms with Crippen molar-refractivity contribution >= 4 is 49.4 Å². The second-order valence-electron chi connectivity index (χ2n) is 15.6. The molecule has 1 atom stereocenters. The molecule has 0 radical (unpaired) electrons. The Morgan fingerprint density at radius 1 is 0.368 bits per heavy atom. The first-order chi connectivity index (χ1) is 28.3. The van der Waals surface area contributed by atoms with Gasteiger partial charge >= 0.3 is 0 Å². The summed E-state index contributed by atoms with van der Waals surface area (Å²) in [5.41, 5.74) is 16.2. The maximum absolute atomic E-state index is 2.55. The lowest BCUT2D eigenvalue weighted by atomic mass is 9.66. The molecule has 2 aliphatic rings. The average molecular weight is 724 g/mol. The Bertz CT molecular complexity index is 3200. The largest absolute Gasteiger partial charge is 0.310 e. The average Bonchev–Trinajstić information content (AvgIpc) is 3.57. The summed E-state index contributed by atoms with van der Waals surface area (Å²) in [6.45, 7) is 0. The zero-order chi connectivity index (χ0) is 37.5. The third-order valence-electron chi connectivity index (χ3n) is 12.7. The summed E-state index contributed by atoms with van der Waals surface area (Å²) in [6, 6.07) is 79.2. The van der Waals surface area contributed by atoms with Crippen LogP contribution in [0.25, 0.3) is 54.6 Å². The van der Waals surface area contributed by atoms with Crippen molar-refractivity contribution in [3.05, 3.63) is 246 Å². The summed E-state index contributed by atoms with van der Waals surface area (Å²) < 4.78 is 0. The van der Waals surface area contributed by atoms with E-state index in [1.54, 1.807) is 0 Å². The summed E-state index contributed by atoms with van der Waals surface area (Å²) in [7, 11) is 0. The minimum Gasteiger partial charge on any atom is -0.310 e. The first-order valence-corrected chi connectivity index (χ1v) is 20.0. The van der Waals surface area contributed by atoms with Crippen LogP contribution >= 0.6 is 0 Å². The van der Waals surface area contributed by atoms with Crippen molar-refractivity contribution < 1.29 is 0 Å². The van der Waals surface area contributed by atoms with Crippen LogP contribution in [0.1, 0.15) is 33.4 Å². The summed E-state index contributed by atoms with van der Waals surface area (Å²) in [5, 5.41) is 7.70. The van der Waals surface area contributed by atoms with Gasteiger partial charge in [-0.3, -0.25) is 0 Å². The molecule has 0 saturated carbocycles. The van der Waals surface area contributed by atoms with Gasteiger partial charge in [0.1, 0.15) is 0 Å². The van der Waals surface area contributed by atoms with Gasteiger partial charge in [-0.05, 0) is 130 Å². The van der Waals surface area contributed by atoms with Crippen LogP contribution in [-0.2, 0) is 11.8 Å². The Kier molecular flexibility index (Phi) is 6.97. The number of benzene rings is 10. The first-order valence-electron chi connectivity index (χ1n) is 20.0. The fourth-order valence-electron chi connectivity index (χ4n) is 10.3. The molecule has 0 fully saturated rings. The molecule has 1 aliphatic carbocycles. The Hall–Kier alpha value is -7.22. The maximum atomic E-state index is 2.55. The van der Waals surface area contributed by atoms with Crippen molar-refractivity contribution in [1.82, 2.24) is 0 Å². The molecule has 1 aliphatic heterocycles. The highest BCUT2D eigenvalue weighted by Gasteiger charge is 2.47. The van der Waals surface area contributed by atoms with Gasteiger partial charge in [0.25, 0.3) is 0 Å². The van der Waals surface area contributed by atoms with Gasteiger partial charge in [-0.25, -0.2) is 0 Å². The lowest BCUT2D eigenvalue weighted by molar-refractivity contribution is 0.777. The van der Waals surface area contributed by atoms with E-state index in [0.717, 1.165) is 6.42 Å². The summed E-state index contributed by atoms with van der Waals surface area (Å²) in [4.78, 5) is 2.47. The molecule has 1 heteroatoms. The standard InChI is InChI=1S/C56H37N/c1-4-15-37(16-5-1)39-28-31-54-41(33-39)35-50-46-29-27-40-34-49-47-24-12-13-25-52(47)56(42-19-6-2-7-20-42,51-26-14-18-38-17-10-11-23-44(38)51)53(49)36-48(40)45(46)30-32-55(50)57(54)43-21-8-3-9-22-43/h1-34,36H,35H2. The van der Waals surface area contributed by atoms with E-state index in [4.69, 9.17) is 0 Å². The number of hydrogen-bond donors (Lipinski definition) is 0. The van der Waals surface area contributed by atoms with Crippen molar-refractivity contribution in [2.75, 3.05) is 4.90 Å².